The Balaban J connectivity index is 1.67. The number of methoxy groups -OCH3 is 1. The number of amides is 2. The van der Waals surface area contributed by atoms with Gasteiger partial charge in [-0.3, -0.25) is 9.59 Å². The van der Waals surface area contributed by atoms with Gasteiger partial charge in [0.15, 0.2) is 0 Å². The Morgan fingerprint density at radius 2 is 1.81 bits per heavy atom. The van der Waals surface area contributed by atoms with Crippen LogP contribution in [-0.4, -0.2) is 74.2 Å². The maximum Gasteiger partial charge on any atom is 0.245 e. The number of hydrogen-bond acceptors (Lipinski definition) is 7. The molecular formula is C32H48N4O6S. The second-order valence-corrected chi connectivity index (χ2v) is 13.7. The van der Waals surface area contributed by atoms with E-state index >= 15 is 0 Å². The summed E-state index contributed by atoms with van der Waals surface area (Å²) in [4.78, 5) is 25.0. The molecule has 2 amide bonds. The molecule has 3 rings (SSSR count). The third kappa shape index (κ3) is 10.3. The van der Waals surface area contributed by atoms with Crippen LogP contribution in [0.3, 0.4) is 0 Å². The van der Waals surface area contributed by atoms with E-state index in [1.807, 2.05) is 51.1 Å². The highest BCUT2D eigenvalue weighted by Gasteiger charge is 2.43. The predicted molar refractivity (Wildman–Crippen MR) is 167 cm³/mol. The van der Waals surface area contributed by atoms with Crippen LogP contribution in [0.25, 0.3) is 0 Å². The summed E-state index contributed by atoms with van der Waals surface area (Å²) in [5.41, 5.74) is -1.02. The van der Waals surface area contributed by atoms with Crippen LogP contribution in [-0.2, 0) is 26.0 Å². The molecule has 2 aromatic carbocycles. The van der Waals surface area contributed by atoms with Crippen LogP contribution in [0.4, 0.5) is 0 Å². The Morgan fingerprint density at radius 1 is 1.12 bits per heavy atom. The van der Waals surface area contributed by atoms with E-state index in [1.165, 1.54) is 23.5 Å². The number of ether oxygens (including phenoxy) is 1. The molecule has 3 atom stereocenters. The first-order valence-corrected chi connectivity index (χ1v) is 16.6. The van der Waals surface area contributed by atoms with Gasteiger partial charge < -0.3 is 25.8 Å². The van der Waals surface area contributed by atoms with Gasteiger partial charge in [0.1, 0.15) is 11.5 Å². The summed E-state index contributed by atoms with van der Waals surface area (Å²) in [5.74, 6) is 0.269. The minimum Gasteiger partial charge on any atom is -0.497 e. The van der Waals surface area contributed by atoms with Crippen molar-refractivity contribution in [1.82, 2.24) is 20.3 Å². The summed E-state index contributed by atoms with van der Waals surface area (Å²) in [6.07, 6.45) is 3.40. The van der Waals surface area contributed by atoms with Gasteiger partial charge in [0.2, 0.25) is 21.8 Å². The predicted octanol–water partition coefficient (Wildman–Crippen LogP) is 3.21. The molecule has 1 aliphatic heterocycles. The first-order chi connectivity index (χ1) is 20.4. The number of carbonyl (C=O) groups is 2. The van der Waals surface area contributed by atoms with Gasteiger partial charge in [-0.05, 0) is 74.9 Å². The third-order valence-electron chi connectivity index (χ3n) is 7.63. The molecule has 0 bridgehead atoms. The van der Waals surface area contributed by atoms with Gasteiger partial charge in [0, 0.05) is 38.4 Å². The van der Waals surface area contributed by atoms with Crippen LogP contribution in [0, 0.1) is 5.92 Å². The zero-order valence-corrected chi connectivity index (χ0v) is 26.7. The SMILES string of the molecule is COc1ccc(S(=O)(=O)N(CC(C)C)C(O)(CCNC(=O)CCCC(C)NC(=O)C2CCCN2)Cc2ccccc2)cc1. The van der Waals surface area contributed by atoms with Crippen molar-refractivity contribution in [1.29, 1.82) is 0 Å². The molecule has 0 radical (unpaired) electrons. The Hall–Kier alpha value is -2.99. The summed E-state index contributed by atoms with van der Waals surface area (Å²) >= 11 is 0. The van der Waals surface area contributed by atoms with E-state index in [1.54, 1.807) is 12.1 Å². The molecule has 238 valence electrons. The highest BCUT2D eigenvalue weighted by atomic mass is 32.2. The summed E-state index contributed by atoms with van der Waals surface area (Å²) in [5, 5.41) is 21.2. The normalized spacial score (nSPS) is 17.4. The molecule has 11 heteroatoms. The number of rotatable bonds is 17. The molecular weight excluding hydrogens is 568 g/mol. The molecule has 0 aromatic heterocycles. The number of benzene rings is 2. The van der Waals surface area contributed by atoms with E-state index < -0.39 is 15.7 Å². The van der Waals surface area contributed by atoms with Gasteiger partial charge in [-0.2, -0.15) is 4.31 Å². The quantitative estimate of drug-likeness (QED) is 0.200. The molecule has 0 spiro atoms. The van der Waals surface area contributed by atoms with E-state index in [9.17, 15) is 23.1 Å². The van der Waals surface area contributed by atoms with Crippen LogP contribution in [0.1, 0.15) is 64.9 Å². The molecule has 2 aromatic rings. The second kappa shape index (κ2) is 16.2. The van der Waals surface area contributed by atoms with Crippen molar-refractivity contribution < 1.29 is 27.9 Å². The summed E-state index contributed by atoms with van der Waals surface area (Å²) < 4.78 is 34.3. The first kappa shape index (κ1) is 34.5. The van der Waals surface area contributed by atoms with Crippen molar-refractivity contribution in [2.24, 2.45) is 5.92 Å². The summed E-state index contributed by atoms with van der Waals surface area (Å²) in [6.45, 7) is 6.76. The fraction of sp³-hybridized carbons (Fsp3) is 0.562. The largest absolute Gasteiger partial charge is 0.497 e. The fourth-order valence-electron chi connectivity index (χ4n) is 5.31. The molecule has 1 fully saturated rings. The van der Waals surface area contributed by atoms with E-state index in [-0.39, 0.29) is 67.1 Å². The number of hydrogen-bond donors (Lipinski definition) is 4. The fourth-order valence-corrected chi connectivity index (χ4v) is 7.14. The van der Waals surface area contributed by atoms with E-state index in [2.05, 4.69) is 16.0 Å². The lowest BCUT2D eigenvalue weighted by molar-refractivity contribution is -0.123. The number of aliphatic hydroxyl groups is 1. The second-order valence-electron chi connectivity index (χ2n) is 11.8. The minimum absolute atomic E-state index is 0.00250. The van der Waals surface area contributed by atoms with Crippen molar-refractivity contribution in [3.8, 4) is 5.75 Å². The standard InChI is InChI=1S/C32H48N4O6S/c1-24(2)23-36(43(40,41)28-17-15-27(42-4)16-18-28)32(39,22-26-11-6-5-7-12-26)19-21-34-30(37)14-8-10-25(3)35-31(38)29-13-9-20-33-29/h5-7,11-12,15-18,24-25,29,33,39H,8-10,13-14,19-23H2,1-4H3,(H,34,37)(H,35,38). The number of carbonyl (C=O) groups excluding carboxylic acids is 2. The van der Waals surface area contributed by atoms with Crippen molar-refractivity contribution in [2.75, 3.05) is 26.7 Å². The number of sulfonamides is 1. The average molecular weight is 617 g/mol. The molecule has 43 heavy (non-hydrogen) atoms. The molecule has 0 saturated carbocycles. The van der Waals surface area contributed by atoms with Crippen LogP contribution < -0.4 is 20.7 Å². The summed E-state index contributed by atoms with van der Waals surface area (Å²) in [7, 11) is -2.60. The molecule has 3 unspecified atom stereocenters. The van der Waals surface area contributed by atoms with Gasteiger partial charge in [0.25, 0.3) is 0 Å². The summed E-state index contributed by atoms with van der Waals surface area (Å²) in [6, 6.07) is 15.2. The third-order valence-corrected chi connectivity index (χ3v) is 9.56. The maximum absolute atomic E-state index is 14.0. The zero-order valence-electron chi connectivity index (χ0n) is 25.8. The molecule has 1 saturated heterocycles. The van der Waals surface area contributed by atoms with Crippen molar-refractivity contribution in [3.63, 3.8) is 0 Å². The Kier molecular flexibility index (Phi) is 13.0. The topological polar surface area (TPSA) is 137 Å². The Bertz CT molecular complexity index is 1270. The van der Waals surface area contributed by atoms with Gasteiger partial charge in [0.05, 0.1) is 18.0 Å². The average Bonchev–Trinajstić information content (AvgIpc) is 3.52. The van der Waals surface area contributed by atoms with Crippen LogP contribution in [0.5, 0.6) is 5.75 Å². The van der Waals surface area contributed by atoms with Crippen LogP contribution >= 0.6 is 0 Å². The minimum atomic E-state index is -4.11. The van der Waals surface area contributed by atoms with Gasteiger partial charge in [-0.25, -0.2) is 8.42 Å². The van der Waals surface area contributed by atoms with Gasteiger partial charge in [-0.1, -0.05) is 44.2 Å². The van der Waals surface area contributed by atoms with E-state index in [4.69, 9.17) is 4.74 Å². The smallest absolute Gasteiger partial charge is 0.245 e. The molecule has 10 nitrogen and oxygen atoms in total. The first-order valence-electron chi connectivity index (χ1n) is 15.2. The zero-order chi connectivity index (χ0) is 31.5. The highest BCUT2D eigenvalue weighted by molar-refractivity contribution is 7.89. The Labute approximate surface area is 256 Å². The van der Waals surface area contributed by atoms with Gasteiger partial charge >= 0.3 is 0 Å². The maximum atomic E-state index is 14.0. The van der Waals surface area contributed by atoms with Crippen molar-refractivity contribution >= 4 is 21.8 Å². The lowest BCUT2D eigenvalue weighted by atomic mass is 9.98. The monoisotopic (exact) mass is 616 g/mol. The number of nitrogens with one attached hydrogen (secondary N) is 3. The number of nitrogens with zero attached hydrogens (tertiary/aromatic N) is 1. The van der Waals surface area contributed by atoms with Crippen molar-refractivity contribution in [2.45, 2.75) is 88.4 Å². The molecule has 1 aliphatic rings. The van der Waals surface area contributed by atoms with Crippen LogP contribution in [0.2, 0.25) is 0 Å². The van der Waals surface area contributed by atoms with Gasteiger partial charge in [-0.15, -0.1) is 0 Å². The molecule has 1 heterocycles. The van der Waals surface area contributed by atoms with E-state index in [0.717, 1.165) is 24.9 Å². The van der Waals surface area contributed by atoms with Crippen LogP contribution in [0.15, 0.2) is 59.5 Å². The highest BCUT2D eigenvalue weighted by Crippen LogP contribution is 2.31. The lowest BCUT2D eigenvalue weighted by Gasteiger charge is -2.40. The Morgan fingerprint density at radius 3 is 2.42 bits per heavy atom. The molecule has 4 N–H and O–H groups in total. The lowest BCUT2D eigenvalue weighted by Crippen LogP contribution is -2.55. The van der Waals surface area contributed by atoms with E-state index in [0.29, 0.717) is 18.6 Å². The molecule has 0 aliphatic carbocycles. The van der Waals surface area contributed by atoms with Crippen molar-refractivity contribution in [3.05, 3.63) is 60.2 Å².